The molecule has 5 nitrogen and oxygen atoms in total. The Morgan fingerprint density at radius 1 is 0.968 bits per heavy atom. The van der Waals surface area contributed by atoms with E-state index in [4.69, 9.17) is 0 Å². The molecule has 1 aliphatic heterocycles. The Kier molecular flexibility index (Phi) is 5.92. The Morgan fingerprint density at radius 2 is 1.74 bits per heavy atom. The number of hydrogen-bond donors (Lipinski definition) is 0. The van der Waals surface area contributed by atoms with Gasteiger partial charge >= 0.3 is 0 Å². The maximum atomic E-state index is 13.6. The van der Waals surface area contributed by atoms with Crippen molar-refractivity contribution in [2.45, 2.75) is 37.6 Å². The van der Waals surface area contributed by atoms with Gasteiger partial charge in [-0.25, -0.2) is 4.98 Å². The number of nitrogens with zero attached hydrogens (tertiary/aromatic N) is 4. The largest absolute Gasteiger partial charge is 0.339 e. The van der Waals surface area contributed by atoms with Crippen LogP contribution in [0.2, 0.25) is 0 Å². The van der Waals surface area contributed by atoms with Crippen molar-refractivity contribution in [1.82, 2.24) is 19.4 Å². The van der Waals surface area contributed by atoms with Gasteiger partial charge in [0.25, 0.3) is 0 Å². The number of carbonyl (C=O) groups is 1. The lowest BCUT2D eigenvalue weighted by Crippen LogP contribution is -2.54. The fraction of sp³-hybridized carbons (Fsp3) is 0.440. The fourth-order valence-corrected chi connectivity index (χ4v) is 6.14. The standard InChI is InChI=1S/C25H30N4OS/c30-24(25(10-4-5-11-25)22-9-6-20-31-22)29-18-15-27(16-19-29)14-17-28-13-12-26-23(28)21-7-2-1-3-8-21/h1-3,6-9,12-13,20H,4-5,10-11,14-19H2. The van der Waals surface area contributed by atoms with Gasteiger partial charge in [-0.15, -0.1) is 11.3 Å². The summed E-state index contributed by atoms with van der Waals surface area (Å²) >= 11 is 1.75. The molecule has 5 rings (SSSR count). The predicted octanol–water partition coefficient (Wildman–Crippen LogP) is 4.27. The van der Waals surface area contributed by atoms with Gasteiger partial charge in [0, 0.05) is 62.1 Å². The van der Waals surface area contributed by atoms with Gasteiger partial charge in [0.2, 0.25) is 5.91 Å². The van der Waals surface area contributed by atoms with Crippen molar-refractivity contribution in [2.24, 2.45) is 0 Å². The van der Waals surface area contributed by atoms with E-state index in [1.807, 2.05) is 12.3 Å². The molecule has 0 atom stereocenters. The Labute approximate surface area is 188 Å². The molecule has 2 aromatic heterocycles. The highest BCUT2D eigenvalue weighted by Gasteiger charge is 2.46. The van der Waals surface area contributed by atoms with Gasteiger partial charge in [0.05, 0.1) is 5.41 Å². The van der Waals surface area contributed by atoms with Crippen LogP contribution in [0.1, 0.15) is 30.6 Å². The van der Waals surface area contributed by atoms with Crippen LogP contribution in [0, 0.1) is 0 Å². The molecule has 3 heterocycles. The molecule has 1 amide bonds. The van der Waals surface area contributed by atoms with Crippen LogP contribution in [0.25, 0.3) is 11.4 Å². The van der Waals surface area contributed by atoms with Crippen molar-refractivity contribution >= 4 is 17.2 Å². The lowest BCUT2D eigenvalue weighted by molar-refractivity contribution is -0.139. The molecule has 2 fully saturated rings. The van der Waals surface area contributed by atoms with Crippen LogP contribution < -0.4 is 0 Å². The molecule has 6 heteroatoms. The topological polar surface area (TPSA) is 41.4 Å². The molecule has 1 saturated heterocycles. The first-order valence-electron chi connectivity index (χ1n) is 11.4. The van der Waals surface area contributed by atoms with Crippen LogP contribution in [0.15, 0.2) is 60.2 Å². The Bertz CT molecular complexity index is 984. The second-order valence-corrected chi connectivity index (χ2v) is 9.66. The minimum Gasteiger partial charge on any atom is -0.339 e. The molecule has 0 N–H and O–H groups in total. The van der Waals surface area contributed by atoms with E-state index in [0.717, 1.165) is 76.3 Å². The molecular formula is C25H30N4OS. The second-order valence-electron chi connectivity index (χ2n) is 8.71. The summed E-state index contributed by atoms with van der Waals surface area (Å²) in [5.41, 5.74) is 0.899. The van der Waals surface area contributed by atoms with E-state index in [0.29, 0.717) is 5.91 Å². The second kappa shape index (κ2) is 8.97. The summed E-state index contributed by atoms with van der Waals surface area (Å²) in [7, 11) is 0. The minimum atomic E-state index is -0.252. The number of carbonyl (C=O) groups excluding carboxylic acids is 1. The summed E-state index contributed by atoms with van der Waals surface area (Å²) in [6.45, 7) is 5.46. The first-order valence-corrected chi connectivity index (χ1v) is 12.3. The van der Waals surface area contributed by atoms with Gasteiger partial charge in [0.15, 0.2) is 0 Å². The third-order valence-corrected chi connectivity index (χ3v) is 8.00. The number of imidazole rings is 1. The van der Waals surface area contributed by atoms with Gasteiger partial charge in [-0.3, -0.25) is 9.69 Å². The SMILES string of the molecule is O=C(N1CCN(CCn2ccnc2-c2ccccc2)CC1)C1(c2cccs2)CCCC1. The molecule has 0 spiro atoms. The summed E-state index contributed by atoms with van der Waals surface area (Å²) in [5.74, 6) is 1.39. The highest BCUT2D eigenvalue weighted by Crippen LogP contribution is 2.44. The summed E-state index contributed by atoms with van der Waals surface area (Å²) in [4.78, 5) is 24.0. The average molecular weight is 435 g/mol. The number of hydrogen-bond acceptors (Lipinski definition) is 4. The number of piperazine rings is 1. The lowest BCUT2D eigenvalue weighted by atomic mass is 9.82. The van der Waals surface area contributed by atoms with Crippen LogP contribution >= 0.6 is 11.3 Å². The number of benzene rings is 1. The zero-order chi connectivity index (χ0) is 21.1. The maximum absolute atomic E-state index is 13.6. The van der Waals surface area contributed by atoms with Crippen LogP contribution in [0.5, 0.6) is 0 Å². The average Bonchev–Trinajstić information content (AvgIpc) is 3.60. The molecule has 3 aromatic rings. The van der Waals surface area contributed by atoms with E-state index in [9.17, 15) is 4.79 Å². The number of rotatable bonds is 6. The van der Waals surface area contributed by atoms with Crippen LogP contribution in [0.4, 0.5) is 0 Å². The van der Waals surface area contributed by atoms with Crippen LogP contribution in [0.3, 0.4) is 0 Å². The Balaban J connectivity index is 1.18. The molecule has 1 saturated carbocycles. The molecule has 0 radical (unpaired) electrons. The lowest BCUT2D eigenvalue weighted by Gasteiger charge is -2.39. The van der Waals surface area contributed by atoms with Gasteiger partial charge < -0.3 is 9.47 Å². The number of amides is 1. The predicted molar refractivity (Wildman–Crippen MR) is 125 cm³/mol. The first kappa shape index (κ1) is 20.5. The van der Waals surface area contributed by atoms with E-state index in [2.05, 4.69) is 67.3 Å². The molecule has 1 aromatic carbocycles. The summed E-state index contributed by atoms with van der Waals surface area (Å²) in [6, 6.07) is 14.6. The van der Waals surface area contributed by atoms with E-state index in [1.54, 1.807) is 11.3 Å². The highest BCUT2D eigenvalue weighted by molar-refractivity contribution is 7.10. The van der Waals surface area contributed by atoms with Gasteiger partial charge in [-0.1, -0.05) is 49.2 Å². The van der Waals surface area contributed by atoms with Gasteiger partial charge in [0.1, 0.15) is 5.82 Å². The fourth-order valence-electron chi connectivity index (χ4n) is 5.16. The van der Waals surface area contributed by atoms with Gasteiger partial charge in [-0.05, 0) is 24.3 Å². The van der Waals surface area contributed by atoms with E-state index >= 15 is 0 Å². The monoisotopic (exact) mass is 434 g/mol. The molecule has 162 valence electrons. The third kappa shape index (κ3) is 4.06. The van der Waals surface area contributed by atoms with E-state index in [1.165, 1.54) is 4.88 Å². The Hall–Kier alpha value is -2.44. The molecule has 31 heavy (non-hydrogen) atoms. The highest BCUT2D eigenvalue weighted by atomic mass is 32.1. The van der Waals surface area contributed by atoms with E-state index in [-0.39, 0.29) is 5.41 Å². The van der Waals surface area contributed by atoms with E-state index < -0.39 is 0 Å². The third-order valence-electron chi connectivity index (χ3n) is 6.92. The molecule has 0 unspecified atom stereocenters. The molecule has 0 bridgehead atoms. The summed E-state index contributed by atoms with van der Waals surface area (Å²) < 4.78 is 2.23. The molecule has 2 aliphatic rings. The number of aromatic nitrogens is 2. The van der Waals surface area contributed by atoms with Crippen molar-refractivity contribution in [3.8, 4) is 11.4 Å². The Morgan fingerprint density at radius 3 is 2.45 bits per heavy atom. The number of thiophene rings is 1. The smallest absolute Gasteiger partial charge is 0.234 e. The van der Waals surface area contributed by atoms with Crippen LogP contribution in [-0.2, 0) is 16.8 Å². The van der Waals surface area contributed by atoms with Crippen molar-refractivity contribution in [3.05, 3.63) is 65.1 Å². The zero-order valence-corrected chi connectivity index (χ0v) is 18.8. The summed E-state index contributed by atoms with van der Waals surface area (Å²) in [6.07, 6.45) is 8.29. The molecular weight excluding hydrogens is 404 g/mol. The van der Waals surface area contributed by atoms with Crippen molar-refractivity contribution in [3.63, 3.8) is 0 Å². The first-order chi connectivity index (χ1) is 15.3. The van der Waals surface area contributed by atoms with Crippen LogP contribution in [-0.4, -0.2) is 58.0 Å². The molecule has 1 aliphatic carbocycles. The summed E-state index contributed by atoms with van der Waals surface area (Å²) in [5, 5.41) is 2.11. The van der Waals surface area contributed by atoms with Gasteiger partial charge in [-0.2, -0.15) is 0 Å². The maximum Gasteiger partial charge on any atom is 0.234 e. The van der Waals surface area contributed by atoms with Crippen molar-refractivity contribution < 1.29 is 4.79 Å². The zero-order valence-electron chi connectivity index (χ0n) is 17.9. The van der Waals surface area contributed by atoms with Crippen molar-refractivity contribution in [2.75, 3.05) is 32.7 Å². The normalized spacial score (nSPS) is 19.0. The minimum absolute atomic E-state index is 0.252. The van der Waals surface area contributed by atoms with Crippen molar-refractivity contribution in [1.29, 1.82) is 0 Å². The quantitative estimate of drug-likeness (QED) is 0.582.